The number of rotatable bonds is 6. The van der Waals surface area contributed by atoms with Crippen molar-refractivity contribution in [3.8, 4) is 6.07 Å². The van der Waals surface area contributed by atoms with Crippen LogP contribution in [-0.2, 0) is 4.79 Å². The number of nitriles is 1. The Hall–Kier alpha value is -1.08. The van der Waals surface area contributed by atoms with Gasteiger partial charge < -0.3 is 10.6 Å². The Morgan fingerprint density at radius 2 is 2.36 bits per heavy atom. The second kappa shape index (κ2) is 5.61. The zero-order valence-electron chi connectivity index (χ0n) is 8.55. The summed E-state index contributed by atoms with van der Waals surface area (Å²) in [4.78, 5) is 11.2. The molecule has 2 N–H and O–H groups in total. The molecular formula is C10H17N3O. The smallest absolute Gasteiger partial charge is 0.221 e. The van der Waals surface area contributed by atoms with Crippen molar-refractivity contribution in [3.63, 3.8) is 0 Å². The van der Waals surface area contributed by atoms with Crippen LogP contribution in [0.25, 0.3) is 0 Å². The Bertz CT molecular complexity index is 230. The third-order valence-corrected chi connectivity index (χ3v) is 2.18. The van der Waals surface area contributed by atoms with E-state index in [1.54, 1.807) is 0 Å². The molecule has 0 saturated heterocycles. The fourth-order valence-electron chi connectivity index (χ4n) is 1.17. The van der Waals surface area contributed by atoms with Gasteiger partial charge in [-0.2, -0.15) is 5.26 Å². The first-order valence-corrected chi connectivity index (χ1v) is 5.12. The highest BCUT2D eigenvalue weighted by Gasteiger charge is 2.22. The molecule has 1 aliphatic carbocycles. The van der Waals surface area contributed by atoms with E-state index in [4.69, 9.17) is 5.26 Å². The van der Waals surface area contributed by atoms with Gasteiger partial charge in [-0.15, -0.1) is 0 Å². The van der Waals surface area contributed by atoms with Crippen LogP contribution in [0.4, 0.5) is 0 Å². The Balaban J connectivity index is 1.96. The lowest BCUT2D eigenvalue weighted by molar-refractivity contribution is -0.121. The summed E-state index contributed by atoms with van der Waals surface area (Å²) >= 11 is 0. The van der Waals surface area contributed by atoms with Crippen LogP contribution in [0.15, 0.2) is 0 Å². The Morgan fingerprint density at radius 1 is 1.64 bits per heavy atom. The molecule has 78 valence electrons. The zero-order valence-corrected chi connectivity index (χ0v) is 8.55. The average Bonchev–Trinajstić information content (AvgIpc) is 2.88. The van der Waals surface area contributed by atoms with Gasteiger partial charge in [0.15, 0.2) is 0 Å². The van der Waals surface area contributed by atoms with Crippen LogP contribution in [0, 0.1) is 11.3 Å². The average molecular weight is 195 g/mol. The summed E-state index contributed by atoms with van der Waals surface area (Å²) in [6.07, 6.45) is 3.25. The van der Waals surface area contributed by atoms with Crippen LogP contribution < -0.4 is 10.6 Å². The SMILES string of the molecule is CC(CC#N)NCCC(=O)NC1CC1. The van der Waals surface area contributed by atoms with Crippen molar-refractivity contribution in [2.75, 3.05) is 6.54 Å². The van der Waals surface area contributed by atoms with Gasteiger partial charge in [0.2, 0.25) is 5.91 Å². The highest BCUT2D eigenvalue weighted by molar-refractivity contribution is 5.76. The first-order valence-electron chi connectivity index (χ1n) is 5.12. The van der Waals surface area contributed by atoms with E-state index in [1.165, 1.54) is 0 Å². The number of amides is 1. The lowest BCUT2D eigenvalue weighted by Crippen LogP contribution is -2.32. The predicted octanol–water partition coefficient (Wildman–Crippen LogP) is 0.547. The summed E-state index contributed by atoms with van der Waals surface area (Å²) < 4.78 is 0. The van der Waals surface area contributed by atoms with E-state index in [0.29, 0.717) is 25.4 Å². The third kappa shape index (κ3) is 4.83. The maximum atomic E-state index is 11.2. The lowest BCUT2D eigenvalue weighted by Gasteiger charge is -2.09. The van der Waals surface area contributed by atoms with Gasteiger partial charge in [-0.25, -0.2) is 0 Å². The zero-order chi connectivity index (χ0) is 10.4. The molecule has 0 aliphatic heterocycles. The Labute approximate surface area is 84.7 Å². The summed E-state index contributed by atoms with van der Waals surface area (Å²) in [5.74, 6) is 0.115. The Morgan fingerprint density at radius 3 is 2.93 bits per heavy atom. The van der Waals surface area contributed by atoms with E-state index in [9.17, 15) is 4.79 Å². The molecule has 4 nitrogen and oxygen atoms in total. The van der Waals surface area contributed by atoms with Gasteiger partial charge in [0.1, 0.15) is 0 Å². The second-order valence-electron chi connectivity index (χ2n) is 3.81. The number of carbonyl (C=O) groups excluding carboxylic acids is 1. The summed E-state index contributed by atoms with van der Waals surface area (Å²) in [6, 6.07) is 2.70. The monoisotopic (exact) mass is 195 g/mol. The first kappa shape index (κ1) is 11.0. The molecule has 1 aliphatic rings. The highest BCUT2D eigenvalue weighted by atomic mass is 16.1. The Kier molecular flexibility index (Phi) is 4.41. The van der Waals surface area contributed by atoms with Crippen LogP contribution in [0.2, 0.25) is 0 Å². The standard InChI is InChI=1S/C10H17N3O/c1-8(4-6-11)12-7-5-10(14)13-9-2-3-9/h8-9,12H,2-5,7H2,1H3,(H,13,14). The summed E-state index contributed by atoms with van der Waals surface area (Å²) in [7, 11) is 0. The molecule has 4 heteroatoms. The van der Waals surface area contributed by atoms with E-state index in [0.717, 1.165) is 12.8 Å². The molecule has 1 fully saturated rings. The van der Waals surface area contributed by atoms with E-state index in [-0.39, 0.29) is 11.9 Å². The lowest BCUT2D eigenvalue weighted by atomic mass is 10.2. The molecule has 0 aromatic rings. The van der Waals surface area contributed by atoms with Crippen LogP contribution in [0.1, 0.15) is 32.6 Å². The maximum absolute atomic E-state index is 11.2. The van der Waals surface area contributed by atoms with Gasteiger partial charge in [0.25, 0.3) is 0 Å². The van der Waals surface area contributed by atoms with E-state index >= 15 is 0 Å². The molecule has 1 saturated carbocycles. The quantitative estimate of drug-likeness (QED) is 0.650. The molecule has 0 aromatic carbocycles. The van der Waals surface area contributed by atoms with Crippen molar-refractivity contribution in [1.29, 1.82) is 5.26 Å². The van der Waals surface area contributed by atoms with Crippen LogP contribution in [-0.4, -0.2) is 24.5 Å². The summed E-state index contributed by atoms with van der Waals surface area (Å²) in [5.41, 5.74) is 0. The van der Waals surface area contributed by atoms with Crippen LogP contribution >= 0.6 is 0 Å². The first-order chi connectivity index (χ1) is 6.72. The van der Waals surface area contributed by atoms with Crippen molar-refractivity contribution >= 4 is 5.91 Å². The normalized spacial score (nSPS) is 17.1. The van der Waals surface area contributed by atoms with Crippen molar-refractivity contribution < 1.29 is 4.79 Å². The van der Waals surface area contributed by atoms with Crippen molar-refractivity contribution in [2.24, 2.45) is 0 Å². The summed E-state index contributed by atoms with van der Waals surface area (Å²) in [5, 5.41) is 14.4. The number of nitrogens with one attached hydrogen (secondary N) is 2. The summed E-state index contributed by atoms with van der Waals surface area (Å²) in [6.45, 7) is 2.60. The fraction of sp³-hybridized carbons (Fsp3) is 0.800. The van der Waals surface area contributed by atoms with Gasteiger partial charge in [-0.3, -0.25) is 4.79 Å². The van der Waals surface area contributed by atoms with Gasteiger partial charge in [-0.1, -0.05) is 0 Å². The van der Waals surface area contributed by atoms with Crippen LogP contribution in [0.3, 0.4) is 0 Å². The molecule has 0 radical (unpaired) electrons. The largest absolute Gasteiger partial charge is 0.353 e. The minimum Gasteiger partial charge on any atom is -0.353 e. The molecule has 1 atom stereocenters. The van der Waals surface area contributed by atoms with E-state index in [1.807, 2.05) is 6.92 Å². The van der Waals surface area contributed by atoms with E-state index in [2.05, 4.69) is 16.7 Å². The minimum atomic E-state index is 0.115. The van der Waals surface area contributed by atoms with Gasteiger partial charge >= 0.3 is 0 Å². The number of hydrogen-bond acceptors (Lipinski definition) is 3. The molecule has 1 amide bonds. The molecule has 1 rings (SSSR count). The van der Waals surface area contributed by atoms with Crippen molar-refractivity contribution in [3.05, 3.63) is 0 Å². The molecule has 0 spiro atoms. The van der Waals surface area contributed by atoms with Gasteiger partial charge in [-0.05, 0) is 19.8 Å². The maximum Gasteiger partial charge on any atom is 0.221 e. The molecule has 0 aromatic heterocycles. The number of carbonyl (C=O) groups is 1. The van der Waals surface area contributed by atoms with Crippen molar-refractivity contribution in [2.45, 2.75) is 44.7 Å². The molecule has 1 unspecified atom stereocenters. The molecular weight excluding hydrogens is 178 g/mol. The second-order valence-corrected chi connectivity index (χ2v) is 3.81. The van der Waals surface area contributed by atoms with Gasteiger partial charge in [0, 0.05) is 25.0 Å². The van der Waals surface area contributed by atoms with Crippen LogP contribution in [0.5, 0.6) is 0 Å². The predicted molar refractivity (Wildman–Crippen MR) is 53.5 cm³/mol. The number of nitrogens with zero attached hydrogens (tertiary/aromatic N) is 1. The molecule has 0 bridgehead atoms. The molecule has 0 heterocycles. The number of hydrogen-bond donors (Lipinski definition) is 2. The van der Waals surface area contributed by atoms with Gasteiger partial charge in [0.05, 0.1) is 12.5 Å². The minimum absolute atomic E-state index is 0.115. The third-order valence-electron chi connectivity index (χ3n) is 2.18. The fourth-order valence-corrected chi connectivity index (χ4v) is 1.17. The van der Waals surface area contributed by atoms with E-state index < -0.39 is 0 Å². The van der Waals surface area contributed by atoms with Crippen molar-refractivity contribution in [1.82, 2.24) is 10.6 Å². The molecule has 14 heavy (non-hydrogen) atoms. The highest BCUT2D eigenvalue weighted by Crippen LogP contribution is 2.18. The topological polar surface area (TPSA) is 64.9 Å².